The van der Waals surface area contributed by atoms with E-state index in [1.54, 1.807) is 48.2 Å². The van der Waals surface area contributed by atoms with Crippen molar-refractivity contribution < 1.29 is 44.8 Å². The Morgan fingerprint density at radius 2 is 0.939 bits per heavy atom. The maximum atomic E-state index is 13.5. The number of nitrogens with zero attached hydrogens (tertiary/aromatic N) is 12. The Kier molecular flexibility index (Phi) is 15.3. The van der Waals surface area contributed by atoms with Crippen molar-refractivity contribution in [1.82, 2.24) is 50.1 Å². The molecule has 0 spiro atoms. The molecule has 0 bridgehead atoms. The molecule has 2 fully saturated rings. The fraction of sp³-hybridized carbons (Fsp3) is 0.409. The molecule has 2 saturated carbocycles. The normalized spacial score (nSPS) is 14.1. The Morgan fingerprint density at radius 1 is 0.591 bits per heavy atom. The van der Waals surface area contributed by atoms with Crippen LogP contribution in [0.4, 0.5) is 38.2 Å². The van der Waals surface area contributed by atoms with Gasteiger partial charge in [0, 0.05) is 52.0 Å². The first-order valence-electron chi connectivity index (χ1n) is 21.1. The summed E-state index contributed by atoms with van der Waals surface area (Å²) < 4.78 is 87.7. The number of hydrogen-bond donors (Lipinski definition) is 0. The first-order valence-corrected chi connectivity index (χ1v) is 21.1. The molecule has 350 valence electrons. The minimum atomic E-state index is -2.88. The lowest BCUT2D eigenvalue weighted by Crippen LogP contribution is -2.45. The number of anilines is 2. The van der Waals surface area contributed by atoms with E-state index in [1.807, 2.05) is 32.6 Å². The van der Waals surface area contributed by atoms with Gasteiger partial charge in [0.25, 0.3) is 23.6 Å². The third kappa shape index (κ3) is 10.7. The lowest BCUT2D eigenvalue weighted by molar-refractivity contribution is -0.129. The van der Waals surface area contributed by atoms with Gasteiger partial charge in [-0.3, -0.25) is 9.59 Å². The van der Waals surface area contributed by atoms with E-state index >= 15 is 0 Å². The minimum absolute atomic E-state index is 0.0137. The van der Waals surface area contributed by atoms with Crippen molar-refractivity contribution in [3.63, 3.8) is 0 Å². The number of amides is 2. The fourth-order valence-corrected chi connectivity index (χ4v) is 7.12. The van der Waals surface area contributed by atoms with E-state index in [4.69, 9.17) is 8.83 Å². The van der Waals surface area contributed by atoms with E-state index in [2.05, 4.69) is 40.3 Å². The Bertz CT molecular complexity index is 2510. The molecule has 2 aliphatic rings. The van der Waals surface area contributed by atoms with Gasteiger partial charge < -0.3 is 28.4 Å². The van der Waals surface area contributed by atoms with E-state index in [0.717, 1.165) is 36.8 Å². The van der Waals surface area contributed by atoms with Gasteiger partial charge in [-0.2, -0.15) is 17.6 Å². The smallest absolute Gasteiger partial charge is 0.314 e. The predicted molar refractivity (Wildman–Crippen MR) is 228 cm³/mol. The average Bonchev–Trinajstić information content (AvgIpc) is 4.19. The van der Waals surface area contributed by atoms with Gasteiger partial charge in [-0.25, -0.2) is 28.7 Å². The Hall–Kier alpha value is -7.00. The molecule has 0 aliphatic heterocycles. The van der Waals surface area contributed by atoms with Crippen LogP contribution in [0.15, 0.2) is 82.2 Å². The van der Waals surface area contributed by atoms with Crippen LogP contribution in [-0.4, -0.2) is 102 Å². The molecule has 16 nitrogen and oxygen atoms in total. The number of benzene rings is 2. The fourth-order valence-electron chi connectivity index (χ4n) is 7.12. The topological polar surface area (TPSA) is 176 Å². The molecule has 4 aromatic heterocycles. The van der Waals surface area contributed by atoms with Crippen molar-refractivity contribution in [2.75, 3.05) is 50.1 Å². The quantitative estimate of drug-likeness (QED) is 0.0850. The zero-order valence-corrected chi connectivity index (χ0v) is 37.0. The van der Waals surface area contributed by atoms with Gasteiger partial charge in [0.2, 0.25) is 23.7 Å². The van der Waals surface area contributed by atoms with Gasteiger partial charge in [0.05, 0.1) is 22.2 Å². The number of rotatable bonds is 16. The molecule has 2 amide bonds. The average molecular weight is 923 g/mol. The maximum Gasteiger partial charge on any atom is 0.314 e. The highest BCUT2D eigenvalue weighted by atomic mass is 19.3. The van der Waals surface area contributed by atoms with E-state index in [-0.39, 0.29) is 71.3 Å². The van der Waals surface area contributed by atoms with Crippen LogP contribution in [-0.2, 0) is 20.7 Å². The lowest BCUT2D eigenvalue weighted by Gasteiger charge is -2.33. The molecule has 0 radical (unpaired) electrons. The van der Waals surface area contributed by atoms with Crippen LogP contribution in [0.1, 0.15) is 89.1 Å². The van der Waals surface area contributed by atoms with Crippen LogP contribution in [0.25, 0.3) is 22.9 Å². The summed E-state index contributed by atoms with van der Waals surface area (Å²) in [5.74, 6) is -2.19. The van der Waals surface area contributed by atoms with Crippen molar-refractivity contribution in [3.05, 3.63) is 108 Å². The second-order valence-corrected chi connectivity index (χ2v) is 15.1. The summed E-state index contributed by atoms with van der Waals surface area (Å²) in [6.45, 7) is 8.99. The van der Waals surface area contributed by atoms with Crippen LogP contribution in [0.3, 0.4) is 0 Å². The number of likely N-dealkylation sites (N-methyl/N-ethyl adjacent to an activating group) is 2. The highest BCUT2D eigenvalue weighted by Gasteiger charge is 2.52. The summed E-state index contributed by atoms with van der Waals surface area (Å²) in [6.07, 6.45) is 2.75. The second kappa shape index (κ2) is 20.9. The van der Waals surface area contributed by atoms with Crippen molar-refractivity contribution in [1.29, 1.82) is 0 Å². The van der Waals surface area contributed by atoms with Crippen molar-refractivity contribution >= 4 is 23.7 Å². The van der Waals surface area contributed by atoms with Gasteiger partial charge in [-0.05, 0) is 74.9 Å². The Labute approximate surface area is 376 Å². The van der Waals surface area contributed by atoms with Gasteiger partial charge in [-0.15, -0.1) is 20.4 Å². The van der Waals surface area contributed by atoms with E-state index in [1.165, 1.54) is 54.0 Å². The molecule has 4 heterocycles. The summed E-state index contributed by atoms with van der Waals surface area (Å²) in [7, 11) is 3.30. The Balaban J connectivity index is 0.000000211. The van der Waals surface area contributed by atoms with Crippen LogP contribution in [0.2, 0.25) is 0 Å². The number of halogens is 6. The predicted octanol–water partition coefficient (Wildman–Crippen LogP) is 8.18. The van der Waals surface area contributed by atoms with Crippen LogP contribution < -0.4 is 9.80 Å². The van der Waals surface area contributed by atoms with Gasteiger partial charge in [0.1, 0.15) is 24.7 Å². The molecule has 6 aromatic rings. The molecule has 8 rings (SSSR count). The summed E-state index contributed by atoms with van der Waals surface area (Å²) in [6, 6.07) is 12.3. The molecule has 0 N–H and O–H groups in total. The molecule has 2 aromatic carbocycles. The van der Waals surface area contributed by atoms with E-state index in [9.17, 15) is 35.9 Å². The van der Waals surface area contributed by atoms with Gasteiger partial charge in [-0.1, -0.05) is 38.1 Å². The molecular formula is C44H48F6N12O4. The summed E-state index contributed by atoms with van der Waals surface area (Å²) in [5.41, 5.74) is 1.20. The highest BCUT2D eigenvalue weighted by Crippen LogP contribution is 2.53. The third-order valence-electron chi connectivity index (χ3n) is 11.0. The van der Waals surface area contributed by atoms with E-state index in [0.29, 0.717) is 13.1 Å². The van der Waals surface area contributed by atoms with Gasteiger partial charge >= 0.3 is 12.9 Å². The standard InChI is InChI=1S/C22H23F3N6O2.C20H19F3N6O2.C2H6/c1-3-30(4-2)17(32)13-31(22(9-10-22)15-5-7-16(23)8-6-15)21-26-11-14(12-27-21)19-28-29-20(33-19)18(24)25;1-28(2)15(30)11-29(20(7-8-20)13-3-5-14(21)6-4-13)19-24-9-12(10-25-19)17-26-27-18(31-17)16(22)23;1-2/h5-8,11-12,18H,3-4,9-10,13H2,1-2H3;3-6,9-10,16H,7-8,11H2,1-2H3;1-2H3. The first-order chi connectivity index (χ1) is 31.7. The summed E-state index contributed by atoms with van der Waals surface area (Å²) >= 11 is 0. The number of alkyl halides is 4. The maximum absolute atomic E-state index is 13.5. The molecule has 0 unspecified atom stereocenters. The Morgan fingerprint density at radius 3 is 1.23 bits per heavy atom. The number of carbonyl (C=O) groups excluding carboxylic acids is 2. The first kappa shape index (κ1) is 48.5. The van der Waals surface area contributed by atoms with Crippen LogP contribution in [0.5, 0.6) is 0 Å². The summed E-state index contributed by atoms with van der Waals surface area (Å²) in [5, 5.41) is 13.8. The molecular weight excluding hydrogens is 875 g/mol. The van der Waals surface area contributed by atoms with Crippen molar-refractivity contribution in [3.8, 4) is 22.9 Å². The van der Waals surface area contributed by atoms with Crippen molar-refractivity contribution in [2.45, 2.75) is 77.3 Å². The van der Waals surface area contributed by atoms with E-state index < -0.39 is 35.7 Å². The van der Waals surface area contributed by atoms with Crippen LogP contribution >= 0.6 is 0 Å². The zero-order chi connectivity index (χ0) is 47.8. The SMILES string of the molecule is CC.CCN(CC)C(=O)CN(c1ncc(-c2nnc(C(F)F)o2)cn1)C1(c2ccc(F)cc2)CC1.CN(C)C(=O)CN(c1ncc(-c2nnc(C(F)F)o2)cn1)C1(c2ccc(F)cc2)CC1. The molecule has 66 heavy (non-hydrogen) atoms. The monoisotopic (exact) mass is 922 g/mol. The number of hydrogen-bond acceptors (Lipinski definition) is 14. The van der Waals surface area contributed by atoms with Crippen molar-refractivity contribution in [2.24, 2.45) is 0 Å². The molecule has 2 aliphatic carbocycles. The third-order valence-corrected chi connectivity index (χ3v) is 11.0. The van der Waals surface area contributed by atoms with Crippen LogP contribution in [0, 0.1) is 11.6 Å². The number of aromatic nitrogens is 8. The molecule has 0 atom stereocenters. The largest absolute Gasteiger partial charge is 0.415 e. The molecule has 0 saturated heterocycles. The molecule has 22 heteroatoms. The highest BCUT2D eigenvalue weighted by molar-refractivity contribution is 5.82. The minimum Gasteiger partial charge on any atom is -0.415 e. The number of carbonyl (C=O) groups is 2. The van der Waals surface area contributed by atoms with Gasteiger partial charge in [0.15, 0.2) is 0 Å². The second-order valence-electron chi connectivity index (χ2n) is 15.1. The lowest BCUT2D eigenvalue weighted by atomic mass is 10.0. The zero-order valence-electron chi connectivity index (χ0n) is 37.0. The summed E-state index contributed by atoms with van der Waals surface area (Å²) in [4.78, 5) is 49.7.